The number of carbonyl (C=O) groups excluding carboxylic acids is 1. The summed E-state index contributed by atoms with van der Waals surface area (Å²) in [5.74, 6) is 2.22. The molecule has 1 amide bonds. The number of hydrogen-bond acceptors (Lipinski definition) is 5. The van der Waals surface area contributed by atoms with Crippen LogP contribution in [-0.2, 0) is 6.54 Å². The molecule has 0 unspecified atom stereocenters. The molecular weight excluding hydrogens is 346 g/mol. The summed E-state index contributed by atoms with van der Waals surface area (Å²) in [6.07, 6.45) is 3.29. The lowest BCUT2D eigenvalue weighted by Crippen LogP contribution is -2.31. The van der Waals surface area contributed by atoms with Gasteiger partial charge in [-0.25, -0.2) is 9.50 Å². The molecule has 1 saturated heterocycles. The molecule has 3 aromatic rings. The molecule has 3 heterocycles. The minimum atomic E-state index is -0.168. The summed E-state index contributed by atoms with van der Waals surface area (Å²) < 4.78 is 1.68. The van der Waals surface area contributed by atoms with Gasteiger partial charge in [-0.3, -0.25) is 9.69 Å². The van der Waals surface area contributed by atoms with Gasteiger partial charge in [-0.2, -0.15) is 16.9 Å². The van der Waals surface area contributed by atoms with Crippen LogP contribution < -0.4 is 5.32 Å². The zero-order chi connectivity index (χ0) is 17.9. The standard InChI is InChI=1S/C19H21N5OS/c1-14-17(12-20-18-5-6-21-24(14)18)19(25)22-16-4-2-3-15(11-16)13-23-7-9-26-10-8-23/h2-6,11-12H,7-10,13H2,1H3,(H,22,25). The van der Waals surface area contributed by atoms with E-state index in [0.717, 1.165) is 36.7 Å². The van der Waals surface area contributed by atoms with Crippen molar-refractivity contribution in [2.45, 2.75) is 13.5 Å². The topological polar surface area (TPSA) is 62.5 Å². The van der Waals surface area contributed by atoms with Gasteiger partial charge in [0.05, 0.1) is 17.5 Å². The minimum absolute atomic E-state index is 0.168. The molecule has 1 aromatic carbocycles. The molecule has 0 radical (unpaired) electrons. The third-order valence-electron chi connectivity index (χ3n) is 4.60. The van der Waals surface area contributed by atoms with E-state index in [4.69, 9.17) is 0 Å². The van der Waals surface area contributed by atoms with Crippen molar-refractivity contribution in [3.63, 3.8) is 0 Å². The molecule has 0 bridgehead atoms. The number of benzene rings is 1. The zero-order valence-corrected chi connectivity index (χ0v) is 15.5. The quantitative estimate of drug-likeness (QED) is 0.768. The van der Waals surface area contributed by atoms with Gasteiger partial charge in [-0.1, -0.05) is 12.1 Å². The second kappa shape index (κ2) is 7.47. The predicted molar refractivity (Wildman–Crippen MR) is 105 cm³/mol. The summed E-state index contributed by atoms with van der Waals surface area (Å²) >= 11 is 2.01. The second-order valence-corrected chi connectivity index (χ2v) is 7.63. The lowest BCUT2D eigenvalue weighted by atomic mass is 10.1. The lowest BCUT2D eigenvalue weighted by Gasteiger charge is -2.26. The van der Waals surface area contributed by atoms with Crippen molar-refractivity contribution in [3.8, 4) is 0 Å². The highest BCUT2D eigenvalue weighted by Gasteiger charge is 2.14. The first-order valence-corrected chi connectivity index (χ1v) is 9.86. The average Bonchev–Trinajstić information content (AvgIpc) is 3.13. The molecular formula is C19H21N5OS. The molecule has 1 aliphatic rings. The highest BCUT2D eigenvalue weighted by atomic mass is 32.2. The molecule has 134 valence electrons. The molecule has 26 heavy (non-hydrogen) atoms. The summed E-state index contributed by atoms with van der Waals surface area (Å²) in [7, 11) is 0. The van der Waals surface area contributed by atoms with E-state index < -0.39 is 0 Å². The summed E-state index contributed by atoms with van der Waals surface area (Å²) in [5.41, 5.74) is 4.06. The Morgan fingerprint density at radius 3 is 2.96 bits per heavy atom. The van der Waals surface area contributed by atoms with E-state index in [1.807, 2.05) is 36.9 Å². The number of nitrogens with zero attached hydrogens (tertiary/aromatic N) is 4. The van der Waals surface area contributed by atoms with Crippen LogP contribution in [0.2, 0.25) is 0 Å². The van der Waals surface area contributed by atoms with Crippen molar-refractivity contribution in [1.29, 1.82) is 0 Å². The lowest BCUT2D eigenvalue weighted by molar-refractivity contribution is 0.102. The molecule has 0 spiro atoms. The Morgan fingerprint density at radius 1 is 1.27 bits per heavy atom. The fourth-order valence-corrected chi connectivity index (χ4v) is 4.16. The first-order chi connectivity index (χ1) is 12.7. The Hall–Kier alpha value is -2.38. The molecule has 0 atom stereocenters. The van der Waals surface area contributed by atoms with Crippen LogP contribution in [-0.4, -0.2) is 50.0 Å². The van der Waals surface area contributed by atoms with E-state index in [1.165, 1.54) is 17.1 Å². The number of fused-ring (bicyclic) bond motifs is 1. The molecule has 2 aromatic heterocycles. The van der Waals surface area contributed by atoms with Crippen molar-refractivity contribution in [2.75, 3.05) is 29.9 Å². The average molecular weight is 367 g/mol. The summed E-state index contributed by atoms with van der Waals surface area (Å²) in [4.78, 5) is 19.4. The van der Waals surface area contributed by atoms with Crippen molar-refractivity contribution < 1.29 is 4.79 Å². The van der Waals surface area contributed by atoms with Gasteiger partial charge < -0.3 is 5.32 Å². The number of nitrogens with one attached hydrogen (secondary N) is 1. The third kappa shape index (κ3) is 3.59. The van der Waals surface area contributed by atoms with Crippen molar-refractivity contribution in [3.05, 3.63) is 59.5 Å². The molecule has 0 aliphatic carbocycles. The predicted octanol–water partition coefficient (Wildman–Crippen LogP) is 2.84. The Morgan fingerprint density at radius 2 is 2.12 bits per heavy atom. The molecule has 1 aliphatic heterocycles. The molecule has 1 fully saturated rings. The minimum Gasteiger partial charge on any atom is -0.322 e. The molecule has 7 heteroatoms. The zero-order valence-electron chi connectivity index (χ0n) is 14.7. The van der Waals surface area contributed by atoms with Crippen LogP contribution in [0, 0.1) is 6.92 Å². The van der Waals surface area contributed by atoms with Crippen LogP contribution in [0.25, 0.3) is 5.65 Å². The van der Waals surface area contributed by atoms with Gasteiger partial charge in [0, 0.05) is 49.1 Å². The maximum Gasteiger partial charge on any atom is 0.259 e. The van der Waals surface area contributed by atoms with E-state index in [1.54, 1.807) is 16.9 Å². The van der Waals surface area contributed by atoms with Crippen molar-refractivity contribution in [2.24, 2.45) is 0 Å². The normalized spacial score (nSPS) is 15.3. The number of aryl methyl sites for hydroxylation is 1. The number of hydrogen-bond donors (Lipinski definition) is 1. The summed E-state index contributed by atoms with van der Waals surface area (Å²) in [6, 6.07) is 9.89. The van der Waals surface area contributed by atoms with E-state index >= 15 is 0 Å². The van der Waals surface area contributed by atoms with Gasteiger partial charge in [0.25, 0.3) is 5.91 Å². The molecule has 4 rings (SSSR count). The SMILES string of the molecule is Cc1c(C(=O)Nc2cccc(CN3CCSCC3)c2)cnc2ccnn12. The fraction of sp³-hybridized carbons (Fsp3) is 0.316. The van der Waals surface area contributed by atoms with E-state index in [-0.39, 0.29) is 5.91 Å². The maximum atomic E-state index is 12.7. The van der Waals surface area contributed by atoms with Gasteiger partial charge in [0.2, 0.25) is 0 Å². The van der Waals surface area contributed by atoms with E-state index in [2.05, 4.69) is 32.4 Å². The van der Waals surface area contributed by atoms with Gasteiger partial charge in [-0.05, 0) is 24.6 Å². The largest absolute Gasteiger partial charge is 0.322 e. The number of rotatable bonds is 4. The Balaban J connectivity index is 1.50. The van der Waals surface area contributed by atoms with Crippen molar-refractivity contribution in [1.82, 2.24) is 19.5 Å². The van der Waals surface area contributed by atoms with Gasteiger partial charge in [0.15, 0.2) is 5.65 Å². The number of thioether (sulfide) groups is 1. The number of anilines is 1. The van der Waals surface area contributed by atoms with Crippen LogP contribution in [0.5, 0.6) is 0 Å². The number of aromatic nitrogens is 3. The summed E-state index contributed by atoms with van der Waals surface area (Å²) in [5, 5.41) is 7.21. The maximum absolute atomic E-state index is 12.7. The molecule has 0 saturated carbocycles. The monoisotopic (exact) mass is 367 g/mol. The van der Waals surface area contributed by atoms with Crippen LogP contribution in [0.15, 0.2) is 42.7 Å². The third-order valence-corrected chi connectivity index (χ3v) is 5.54. The second-order valence-electron chi connectivity index (χ2n) is 6.40. The summed E-state index contributed by atoms with van der Waals surface area (Å²) in [6.45, 7) is 5.04. The fourth-order valence-electron chi connectivity index (χ4n) is 3.18. The van der Waals surface area contributed by atoms with E-state index in [9.17, 15) is 4.79 Å². The number of amides is 1. The number of carbonyl (C=O) groups is 1. The van der Waals surface area contributed by atoms with Crippen LogP contribution in [0.3, 0.4) is 0 Å². The first-order valence-electron chi connectivity index (χ1n) is 8.70. The molecule has 1 N–H and O–H groups in total. The Bertz CT molecular complexity index is 933. The smallest absolute Gasteiger partial charge is 0.259 e. The highest BCUT2D eigenvalue weighted by molar-refractivity contribution is 7.99. The Kier molecular flexibility index (Phi) is 4.90. The molecule has 6 nitrogen and oxygen atoms in total. The Labute approximate surface area is 156 Å². The van der Waals surface area contributed by atoms with Gasteiger partial charge in [-0.15, -0.1) is 0 Å². The highest BCUT2D eigenvalue weighted by Crippen LogP contribution is 2.17. The van der Waals surface area contributed by atoms with Crippen LogP contribution in [0.4, 0.5) is 5.69 Å². The van der Waals surface area contributed by atoms with Gasteiger partial charge >= 0.3 is 0 Å². The van der Waals surface area contributed by atoms with Crippen LogP contribution >= 0.6 is 11.8 Å². The van der Waals surface area contributed by atoms with Gasteiger partial charge in [0.1, 0.15) is 0 Å². The van der Waals surface area contributed by atoms with Crippen LogP contribution in [0.1, 0.15) is 21.6 Å². The van der Waals surface area contributed by atoms with Crippen molar-refractivity contribution >= 4 is 29.0 Å². The van der Waals surface area contributed by atoms with E-state index in [0.29, 0.717) is 5.56 Å². The first kappa shape index (κ1) is 17.1.